The minimum atomic E-state index is -1.12. The molecule has 2 rings (SSSR count). The van der Waals surface area contributed by atoms with Gasteiger partial charge in [-0.25, -0.2) is 9.78 Å². The molecule has 0 aromatic carbocycles. The van der Waals surface area contributed by atoms with Crippen LogP contribution in [0.2, 0.25) is 0 Å². The first-order valence-corrected chi connectivity index (χ1v) is 9.68. The Kier molecular flexibility index (Phi) is 6.75. The second-order valence-corrected chi connectivity index (χ2v) is 8.06. The summed E-state index contributed by atoms with van der Waals surface area (Å²) < 4.78 is 5.41. The molecule has 2 atom stereocenters. The number of rotatable bonds is 9. The Morgan fingerprint density at radius 1 is 1.38 bits per heavy atom. The molecule has 0 radical (unpaired) electrons. The van der Waals surface area contributed by atoms with Gasteiger partial charge in [0, 0.05) is 38.2 Å². The van der Waals surface area contributed by atoms with Gasteiger partial charge in [0.05, 0.1) is 0 Å². The van der Waals surface area contributed by atoms with E-state index in [1.165, 1.54) is 12.3 Å². The zero-order valence-corrected chi connectivity index (χ0v) is 16.4. The molecule has 0 spiro atoms. The number of nitrogens with zero attached hydrogens (tertiary/aromatic N) is 2. The molecule has 144 valence electrons. The van der Waals surface area contributed by atoms with Gasteiger partial charge in [0.25, 0.3) is 0 Å². The van der Waals surface area contributed by atoms with Crippen molar-refractivity contribution in [2.45, 2.75) is 58.6 Å². The predicted molar refractivity (Wildman–Crippen MR) is 96.9 cm³/mol. The van der Waals surface area contributed by atoms with Crippen LogP contribution in [0.5, 0.6) is 0 Å². The number of hydrogen-bond acceptors (Lipinski definition) is 6. The van der Waals surface area contributed by atoms with Crippen molar-refractivity contribution in [3.63, 3.8) is 0 Å². The highest BCUT2D eigenvalue weighted by Crippen LogP contribution is 2.34. The smallest absolute Gasteiger partial charge is 0.355 e. The highest BCUT2D eigenvalue weighted by molar-refractivity contribution is 7.09. The van der Waals surface area contributed by atoms with Crippen LogP contribution in [0.1, 0.15) is 68.1 Å². The van der Waals surface area contributed by atoms with Crippen molar-refractivity contribution in [1.82, 2.24) is 9.88 Å². The molecule has 1 amide bonds. The summed E-state index contributed by atoms with van der Waals surface area (Å²) in [5.74, 6) is -0.833. The topological polar surface area (TPSA) is 96.8 Å². The van der Waals surface area contributed by atoms with Gasteiger partial charge in [0.2, 0.25) is 5.91 Å². The molecule has 2 unspecified atom stereocenters. The van der Waals surface area contributed by atoms with Crippen LogP contribution >= 0.6 is 11.3 Å². The summed E-state index contributed by atoms with van der Waals surface area (Å²) in [4.78, 5) is 40.9. The lowest BCUT2D eigenvalue weighted by atomic mass is 9.96. The van der Waals surface area contributed by atoms with Crippen LogP contribution < -0.4 is 0 Å². The number of carboxylic acids is 1. The average molecular weight is 382 g/mol. The largest absolute Gasteiger partial charge is 0.476 e. The van der Waals surface area contributed by atoms with Gasteiger partial charge in [-0.2, -0.15) is 0 Å². The molecule has 1 aromatic rings. The summed E-state index contributed by atoms with van der Waals surface area (Å²) in [5, 5.41) is 10.9. The normalized spacial score (nSPS) is 16.2. The Balaban J connectivity index is 2.17. The van der Waals surface area contributed by atoms with Crippen LogP contribution in [0.15, 0.2) is 5.38 Å². The van der Waals surface area contributed by atoms with Gasteiger partial charge in [-0.1, -0.05) is 13.8 Å². The molecular formula is C18H26N2O5S. The fourth-order valence-electron chi connectivity index (χ4n) is 2.93. The standard InChI is InChI=1S/C18H26N2O5S/c1-10(2)14(20(4)16(22)7-12-5-6-12)8-15(25-11(3)21)17-19-13(9-26-17)18(23)24/h9-10,12,14-15H,5-8H2,1-4H3,(H,23,24). The molecule has 26 heavy (non-hydrogen) atoms. The lowest BCUT2D eigenvalue weighted by Gasteiger charge is -2.33. The van der Waals surface area contributed by atoms with Crippen molar-refractivity contribution in [2.75, 3.05) is 7.05 Å². The van der Waals surface area contributed by atoms with Gasteiger partial charge in [-0.3, -0.25) is 9.59 Å². The zero-order valence-electron chi connectivity index (χ0n) is 15.6. The number of aromatic nitrogens is 1. The van der Waals surface area contributed by atoms with Gasteiger partial charge in [-0.05, 0) is 24.7 Å². The van der Waals surface area contributed by atoms with E-state index in [2.05, 4.69) is 4.98 Å². The van der Waals surface area contributed by atoms with E-state index < -0.39 is 18.0 Å². The van der Waals surface area contributed by atoms with E-state index >= 15 is 0 Å². The van der Waals surface area contributed by atoms with Crippen LogP contribution in [0.25, 0.3) is 0 Å². The third kappa shape index (κ3) is 5.52. The molecule has 1 aliphatic carbocycles. The maximum atomic E-state index is 12.5. The maximum Gasteiger partial charge on any atom is 0.355 e. The molecule has 1 fully saturated rings. The van der Waals surface area contributed by atoms with Crippen LogP contribution in [-0.4, -0.2) is 45.9 Å². The SMILES string of the molecule is CC(=O)OC(CC(C(C)C)N(C)C(=O)CC1CC1)c1nc(C(=O)O)cs1. The minimum Gasteiger partial charge on any atom is -0.476 e. The number of amides is 1. The monoisotopic (exact) mass is 382 g/mol. The van der Waals surface area contributed by atoms with Crippen molar-refractivity contribution in [2.24, 2.45) is 11.8 Å². The lowest BCUT2D eigenvalue weighted by molar-refractivity contribution is -0.148. The van der Waals surface area contributed by atoms with E-state index in [1.54, 1.807) is 11.9 Å². The quantitative estimate of drug-likeness (QED) is 0.659. The number of aromatic carboxylic acids is 1. The van der Waals surface area contributed by atoms with Crippen LogP contribution in [-0.2, 0) is 14.3 Å². The van der Waals surface area contributed by atoms with E-state index in [0.29, 0.717) is 23.8 Å². The maximum absolute atomic E-state index is 12.5. The minimum absolute atomic E-state index is 0.0681. The number of carbonyl (C=O) groups excluding carboxylic acids is 2. The first-order chi connectivity index (χ1) is 12.2. The zero-order chi connectivity index (χ0) is 19.4. The lowest BCUT2D eigenvalue weighted by Crippen LogP contribution is -2.41. The van der Waals surface area contributed by atoms with Gasteiger partial charge in [0.15, 0.2) is 11.8 Å². The molecule has 1 aromatic heterocycles. The van der Waals surface area contributed by atoms with Crippen molar-refractivity contribution in [3.8, 4) is 0 Å². The predicted octanol–water partition coefficient (Wildman–Crippen LogP) is 3.12. The molecule has 0 aliphatic heterocycles. The number of carbonyl (C=O) groups is 3. The first-order valence-electron chi connectivity index (χ1n) is 8.80. The summed E-state index contributed by atoms with van der Waals surface area (Å²) in [7, 11) is 1.78. The number of esters is 1. The molecular weight excluding hydrogens is 356 g/mol. The number of hydrogen-bond donors (Lipinski definition) is 1. The van der Waals surface area contributed by atoms with E-state index in [1.807, 2.05) is 13.8 Å². The number of carboxylic acid groups (broad SMARTS) is 1. The number of thiazole rings is 1. The Hall–Kier alpha value is -1.96. The molecule has 0 saturated heterocycles. The first kappa shape index (κ1) is 20.4. The van der Waals surface area contributed by atoms with E-state index in [9.17, 15) is 14.4 Å². The van der Waals surface area contributed by atoms with Crippen molar-refractivity contribution >= 4 is 29.2 Å². The van der Waals surface area contributed by atoms with E-state index in [-0.39, 0.29) is 23.6 Å². The summed E-state index contributed by atoms with van der Waals surface area (Å²) >= 11 is 1.15. The second-order valence-electron chi connectivity index (χ2n) is 7.17. The third-order valence-corrected chi connectivity index (χ3v) is 5.54. The van der Waals surface area contributed by atoms with Gasteiger partial charge in [0.1, 0.15) is 5.01 Å². The van der Waals surface area contributed by atoms with E-state index in [4.69, 9.17) is 9.84 Å². The fourth-order valence-corrected chi connectivity index (χ4v) is 3.76. The van der Waals surface area contributed by atoms with Crippen LogP contribution in [0.4, 0.5) is 0 Å². The van der Waals surface area contributed by atoms with Crippen LogP contribution in [0, 0.1) is 11.8 Å². The molecule has 8 heteroatoms. The molecule has 7 nitrogen and oxygen atoms in total. The molecule has 1 saturated carbocycles. The second kappa shape index (κ2) is 8.62. The van der Waals surface area contributed by atoms with Gasteiger partial charge < -0.3 is 14.7 Å². The van der Waals surface area contributed by atoms with Gasteiger partial charge >= 0.3 is 11.9 Å². The van der Waals surface area contributed by atoms with Crippen LogP contribution in [0.3, 0.4) is 0 Å². The molecule has 1 heterocycles. The van der Waals surface area contributed by atoms with E-state index in [0.717, 1.165) is 24.2 Å². The fraction of sp³-hybridized carbons (Fsp3) is 0.667. The Morgan fingerprint density at radius 3 is 2.50 bits per heavy atom. The Bertz CT molecular complexity index is 668. The third-order valence-electron chi connectivity index (χ3n) is 4.60. The molecule has 1 aliphatic rings. The molecule has 1 N–H and O–H groups in total. The summed E-state index contributed by atoms with van der Waals surface area (Å²) in [6.45, 7) is 5.34. The highest BCUT2D eigenvalue weighted by atomic mass is 32.1. The Morgan fingerprint density at radius 2 is 2.04 bits per heavy atom. The Labute approximate surface area is 157 Å². The summed E-state index contributed by atoms with van der Waals surface area (Å²) in [5.41, 5.74) is -0.0681. The molecule has 0 bridgehead atoms. The summed E-state index contributed by atoms with van der Waals surface area (Å²) in [6.07, 6.45) is 2.49. The average Bonchev–Trinajstić information content (AvgIpc) is 3.21. The van der Waals surface area contributed by atoms with Crippen molar-refractivity contribution in [1.29, 1.82) is 0 Å². The van der Waals surface area contributed by atoms with Crippen molar-refractivity contribution < 1.29 is 24.2 Å². The summed E-state index contributed by atoms with van der Waals surface area (Å²) in [6, 6.07) is -0.136. The van der Waals surface area contributed by atoms with Gasteiger partial charge in [-0.15, -0.1) is 11.3 Å². The number of ether oxygens (including phenoxy) is 1. The highest BCUT2D eigenvalue weighted by Gasteiger charge is 2.33. The van der Waals surface area contributed by atoms with Crippen molar-refractivity contribution in [3.05, 3.63) is 16.1 Å².